The van der Waals surface area contributed by atoms with Crippen molar-refractivity contribution in [2.75, 3.05) is 18.6 Å². The van der Waals surface area contributed by atoms with Gasteiger partial charge in [-0.2, -0.15) is 0 Å². The maximum absolute atomic E-state index is 13.8. The van der Waals surface area contributed by atoms with Gasteiger partial charge >= 0.3 is 0 Å². The van der Waals surface area contributed by atoms with Gasteiger partial charge in [0.15, 0.2) is 5.76 Å². The number of nitrogens with two attached hydrogens (primary N) is 1. The van der Waals surface area contributed by atoms with Gasteiger partial charge in [-0.15, -0.1) is 10.2 Å². The summed E-state index contributed by atoms with van der Waals surface area (Å²) in [4.78, 5) is 13.7. The highest BCUT2D eigenvalue weighted by atomic mass is 35.5. The average molecular weight is 396 g/mol. The minimum atomic E-state index is -0.449. The van der Waals surface area contributed by atoms with Crippen molar-refractivity contribution in [2.24, 2.45) is 0 Å². The maximum Gasteiger partial charge on any atom is 0.233 e. The number of nitrogen functional groups attached to an aromatic ring is 1. The number of amides is 1. The van der Waals surface area contributed by atoms with Crippen LogP contribution in [0.25, 0.3) is 11.6 Å². The van der Waals surface area contributed by atoms with Crippen molar-refractivity contribution >= 4 is 29.3 Å². The highest BCUT2D eigenvalue weighted by Gasteiger charge is 2.18. The summed E-state index contributed by atoms with van der Waals surface area (Å²) >= 11 is 7.12. The van der Waals surface area contributed by atoms with Gasteiger partial charge in [-0.1, -0.05) is 29.4 Å². The van der Waals surface area contributed by atoms with Crippen LogP contribution < -0.4 is 5.84 Å². The van der Waals surface area contributed by atoms with Crippen LogP contribution in [0, 0.1) is 5.82 Å². The fourth-order valence-corrected chi connectivity index (χ4v) is 3.21. The summed E-state index contributed by atoms with van der Waals surface area (Å²) in [6.07, 6.45) is 1.50. The molecule has 0 spiro atoms. The Morgan fingerprint density at radius 1 is 1.38 bits per heavy atom. The fourth-order valence-electron chi connectivity index (χ4n) is 2.19. The van der Waals surface area contributed by atoms with E-state index in [0.29, 0.717) is 16.7 Å². The molecule has 0 fully saturated rings. The maximum atomic E-state index is 13.8. The number of rotatable bonds is 6. The molecule has 0 aliphatic rings. The second-order valence-corrected chi connectivity index (χ2v) is 6.74. The molecule has 0 atom stereocenters. The van der Waals surface area contributed by atoms with E-state index >= 15 is 0 Å². The Hall–Kier alpha value is -2.52. The van der Waals surface area contributed by atoms with Crippen LogP contribution in [0.15, 0.2) is 46.2 Å². The van der Waals surface area contributed by atoms with Crippen molar-refractivity contribution in [1.82, 2.24) is 19.8 Å². The predicted molar refractivity (Wildman–Crippen MR) is 96.5 cm³/mol. The zero-order valence-electron chi connectivity index (χ0n) is 13.7. The molecular weight excluding hydrogens is 381 g/mol. The first-order chi connectivity index (χ1) is 12.5. The van der Waals surface area contributed by atoms with E-state index < -0.39 is 5.82 Å². The van der Waals surface area contributed by atoms with Gasteiger partial charge in [0, 0.05) is 24.2 Å². The number of nitrogens with zero attached hydrogens (tertiary/aromatic N) is 4. The molecule has 0 radical (unpaired) electrons. The normalized spacial score (nSPS) is 10.9. The van der Waals surface area contributed by atoms with E-state index in [-0.39, 0.29) is 28.8 Å². The van der Waals surface area contributed by atoms with Gasteiger partial charge in [-0.3, -0.25) is 4.79 Å². The Morgan fingerprint density at radius 2 is 2.19 bits per heavy atom. The predicted octanol–water partition coefficient (Wildman–Crippen LogP) is 2.80. The Balaban J connectivity index is 1.62. The monoisotopic (exact) mass is 395 g/mol. The third kappa shape index (κ3) is 3.83. The van der Waals surface area contributed by atoms with E-state index in [9.17, 15) is 9.18 Å². The van der Waals surface area contributed by atoms with Crippen molar-refractivity contribution in [3.8, 4) is 11.6 Å². The molecule has 0 saturated heterocycles. The van der Waals surface area contributed by atoms with Gasteiger partial charge in [-0.25, -0.2) is 9.07 Å². The molecule has 2 N–H and O–H groups in total. The molecule has 0 unspecified atom stereocenters. The SMILES string of the molecule is CN(Cc1c(F)cccc1Cl)C(=O)CSc1nnc(-c2ccco2)n1N. The molecule has 0 aliphatic heterocycles. The number of carbonyl (C=O) groups is 1. The summed E-state index contributed by atoms with van der Waals surface area (Å²) in [5.41, 5.74) is 0.275. The first-order valence-electron chi connectivity index (χ1n) is 7.51. The van der Waals surface area contributed by atoms with Gasteiger partial charge in [0.05, 0.1) is 12.0 Å². The smallest absolute Gasteiger partial charge is 0.233 e. The lowest BCUT2D eigenvalue weighted by Crippen LogP contribution is -2.28. The van der Waals surface area contributed by atoms with E-state index in [4.69, 9.17) is 21.9 Å². The zero-order valence-corrected chi connectivity index (χ0v) is 15.3. The van der Waals surface area contributed by atoms with E-state index in [1.54, 1.807) is 25.2 Å². The first kappa shape index (κ1) is 18.3. The van der Waals surface area contributed by atoms with Crippen molar-refractivity contribution in [3.05, 3.63) is 53.0 Å². The lowest BCUT2D eigenvalue weighted by Gasteiger charge is -2.18. The summed E-state index contributed by atoms with van der Waals surface area (Å²) in [6, 6.07) is 7.83. The number of benzene rings is 1. The molecule has 1 amide bonds. The van der Waals surface area contributed by atoms with Gasteiger partial charge in [0.2, 0.25) is 16.9 Å². The second-order valence-electron chi connectivity index (χ2n) is 5.39. The van der Waals surface area contributed by atoms with Gasteiger partial charge in [-0.05, 0) is 24.3 Å². The highest BCUT2D eigenvalue weighted by molar-refractivity contribution is 7.99. The van der Waals surface area contributed by atoms with Crippen molar-refractivity contribution in [2.45, 2.75) is 11.7 Å². The van der Waals surface area contributed by atoms with E-state index in [1.807, 2.05) is 0 Å². The summed E-state index contributed by atoms with van der Waals surface area (Å²) in [5.74, 6) is 6.16. The number of thioether (sulfide) groups is 1. The van der Waals surface area contributed by atoms with Crippen LogP contribution in [0.3, 0.4) is 0 Å². The molecule has 7 nitrogen and oxygen atoms in total. The van der Waals surface area contributed by atoms with Gasteiger partial charge < -0.3 is 15.2 Å². The van der Waals surface area contributed by atoms with Gasteiger partial charge in [0.25, 0.3) is 0 Å². The Labute approximate surface area is 157 Å². The summed E-state index contributed by atoms with van der Waals surface area (Å²) in [6.45, 7) is 0.0673. The molecule has 3 rings (SSSR count). The number of halogens is 2. The van der Waals surface area contributed by atoms with E-state index in [0.717, 1.165) is 11.8 Å². The topological polar surface area (TPSA) is 90.2 Å². The second kappa shape index (κ2) is 7.79. The minimum absolute atomic E-state index is 0.0655. The molecular formula is C16H15ClFN5O2S. The van der Waals surface area contributed by atoms with E-state index in [2.05, 4.69) is 10.2 Å². The number of hydrogen-bond donors (Lipinski definition) is 1. The third-order valence-electron chi connectivity index (χ3n) is 3.61. The van der Waals surface area contributed by atoms with Crippen molar-refractivity contribution in [1.29, 1.82) is 0 Å². The minimum Gasteiger partial charge on any atom is -0.461 e. The molecule has 0 bridgehead atoms. The molecule has 26 heavy (non-hydrogen) atoms. The molecule has 2 aromatic heterocycles. The Bertz CT molecular complexity index is 895. The largest absolute Gasteiger partial charge is 0.461 e. The molecule has 0 saturated carbocycles. The van der Waals surface area contributed by atoms with Crippen LogP contribution >= 0.6 is 23.4 Å². The first-order valence-corrected chi connectivity index (χ1v) is 8.87. The molecule has 0 aliphatic carbocycles. The van der Waals surface area contributed by atoms with Crippen LogP contribution in [0.5, 0.6) is 0 Å². The standard InChI is InChI=1S/C16H15ClFN5O2S/c1-22(8-10-11(17)4-2-5-12(10)18)14(24)9-26-16-21-20-15(23(16)19)13-6-3-7-25-13/h2-7H,8-9,19H2,1H3. The Kier molecular flexibility index (Phi) is 5.48. The van der Waals surface area contributed by atoms with Crippen molar-refractivity contribution in [3.63, 3.8) is 0 Å². The molecule has 3 aromatic rings. The average Bonchev–Trinajstić information content (AvgIpc) is 3.25. The molecule has 2 heterocycles. The number of carbonyl (C=O) groups excluding carboxylic acids is 1. The van der Waals surface area contributed by atoms with E-state index in [1.165, 1.54) is 28.0 Å². The van der Waals surface area contributed by atoms with Crippen LogP contribution in [0.2, 0.25) is 5.02 Å². The molecule has 1 aromatic carbocycles. The van der Waals surface area contributed by atoms with Crippen LogP contribution in [-0.4, -0.2) is 38.5 Å². The third-order valence-corrected chi connectivity index (χ3v) is 4.90. The van der Waals surface area contributed by atoms with Crippen molar-refractivity contribution < 1.29 is 13.6 Å². The van der Waals surface area contributed by atoms with Gasteiger partial charge in [0.1, 0.15) is 5.82 Å². The summed E-state index contributed by atoms with van der Waals surface area (Å²) < 4.78 is 20.3. The number of aromatic nitrogens is 3. The van der Waals surface area contributed by atoms with Crippen LogP contribution in [0.1, 0.15) is 5.56 Å². The number of hydrogen-bond acceptors (Lipinski definition) is 6. The lowest BCUT2D eigenvalue weighted by molar-refractivity contribution is -0.127. The molecule has 10 heteroatoms. The highest BCUT2D eigenvalue weighted by Crippen LogP contribution is 2.23. The quantitative estimate of drug-likeness (QED) is 0.510. The van der Waals surface area contributed by atoms with Crippen LogP contribution in [0.4, 0.5) is 4.39 Å². The number of furan rings is 1. The molecule has 136 valence electrons. The Morgan fingerprint density at radius 3 is 2.88 bits per heavy atom. The fraction of sp³-hybridized carbons (Fsp3) is 0.188. The van der Waals surface area contributed by atoms with Crippen LogP contribution in [-0.2, 0) is 11.3 Å². The lowest BCUT2D eigenvalue weighted by atomic mass is 10.2. The zero-order chi connectivity index (χ0) is 18.7. The summed E-state index contributed by atoms with van der Waals surface area (Å²) in [5, 5.41) is 8.55. The summed E-state index contributed by atoms with van der Waals surface area (Å²) in [7, 11) is 1.58.